The van der Waals surface area contributed by atoms with Crippen molar-refractivity contribution < 1.29 is 0 Å². The molecule has 0 saturated heterocycles. The van der Waals surface area contributed by atoms with Crippen molar-refractivity contribution in [3.8, 4) is 0 Å². The molecule has 1 aromatic rings. The van der Waals surface area contributed by atoms with E-state index in [0.29, 0.717) is 6.54 Å². The van der Waals surface area contributed by atoms with Crippen LogP contribution in [0.5, 0.6) is 0 Å². The molecule has 0 spiro atoms. The predicted molar refractivity (Wildman–Crippen MR) is 45.1 cm³/mol. The Kier molecular flexibility index (Phi) is 2.00. The summed E-state index contributed by atoms with van der Waals surface area (Å²) < 4.78 is 1.95. The molecule has 0 aliphatic carbocycles. The van der Waals surface area contributed by atoms with Gasteiger partial charge in [-0.05, 0) is 26.8 Å². The van der Waals surface area contributed by atoms with E-state index in [9.17, 15) is 0 Å². The summed E-state index contributed by atoms with van der Waals surface area (Å²) in [5.74, 6) is 0. The molecule has 11 heavy (non-hydrogen) atoms. The summed E-state index contributed by atoms with van der Waals surface area (Å²) >= 11 is 0. The van der Waals surface area contributed by atoms with Gasteiger partial charge in [-0.2, -0.15) is 5.10 Å². The second-order valence-electron chi connectivity index (χ2n) is 3.61. The van der Waals surface area contributed by atoms with Crippen LogP contribution in [0.25, 0.3) is 0 Å². The van der Waals surface area contributed by atoms with Crippen LogP contribution in [-0.4, -0.2) is 9.78 Å². The van der Waals surface area contributed by atoms with Gasteiger partial charge in [0.25, 0.3) is 0 Å². The Labute approximate surface area is 67.2 Å². The standard InChI is InChI=1S/C8H15N3/c1-8(2,3)11-7(6-9)4-5-10-11/h4-5H,6,9H2,1-3H3. The van der Waals surface area contributed by atoms with Gasteiger partial charge in [-0.25, -0.2) is 0 Å². The topological polar surface area (TPSA) is 43.8 Å². The molecule has 3 nitrogen and oxygen atoms in total. The third kappa shape index (κ3) is 1.60. The molecule has 3 heteroatoms. The molecule has 1 rings (SSSR count). The maximum atomic E-state index is 5.53. The average Bonchev–Trinajstić information content (AvgIpc) is 2.31. The first-order valence-corrected chi connectivity index (χ1v) is 3.79. The highest BCUT2D eigenvalue weighted by atomic mass is 15.3. The van der Waals surface area contributed by atoms with Gasteiger partial charge in [0.15, 0.2) is 0 Å². The molecule has 62 valence electrons. The van der Waals surface area contributed by atoms with E-state index in [1.165, 1.54) is 0 Å². The van der Waals surface area contributed by atoms with Crippen molar-refractivity contribution in [1.82, 2.24) is 9.78 Å². The fourth-order valence-corrected chi connectivity index (χ4v) is 1.09. The van der Waals surface area contributed by atoms with E-state index < -0.39 is 0 Å². The second kappa shape index (κ2) is 2.66. The Morgan fingerprint density at radius 2 is 2.18 bits per heavy atom. The van der Waals surface area contributed by atoms with E-state index in [2.05, 4.69) is 25.9 Å². The van der Waals surface area contributed by atoms with Gasteiger partial charge in [-0.15, -0.1) is 0 Å². The molecule has 0 aliphatic heterocycles. The molecular formula is C8H15N3. The molecule has 0 saturated carbocycles. The van der Waals surface area contributed by atoms with Crippen LogP contribution in [0.4, 0.5) is 0 Å². The van der Waals surface area contributed by atoms with Crippen molar-refractivity contribution >= 4 is 0 Å². The smallest absolute Gasteiger partial charge is 0.0547 e. The molecule has 0 unspecified atom stereocenters. The van der Waals surface area contributed by atoms with Crippen molar-refractivity contribution in [2.75, 3.05) is 0 Å². The fourth-order valence-electron chi connectivity index (χ4n) is 1.09. The largest absolute Gasteiger partial charge is 0.325 e. The maximum absolute atomic E-state index is 5.53. The van der Waals surface area contributed by atoms with E-state index >= 15 is 0 Å². The molecule has 2 N–H and O–H groups in total. The molecule has 1 aromatic heterocycles. The highest BCUT2D eigenvalue weighted by molar-refractivity contribution is 5.02. The van der Waals surface area contributed by atoms with Gasteiger partial charge in [0.1, 0.15) is 0 Å². The fraction of sp³-hybridized carbons (Fsp3) is 0.625. The van der Waals surface area contributed by atoms with Crippen LogP contribution >= 0.6 is 0 Å². The van der Waals surface area contributed by atoms with Crippen LogP contribution in [0.1, 0.15) is 26.5 Å². The second-order valence-corrected chi connectivity index (χ2v) is 3.61. The number of nitrogens with zero attached hydrogens (tertiary/aromatic N) is 2. The third-order valence-electron chi connectivity index (χ3n) is 1.57. The minimum absolute atomic E-state index is 0.0399. The number of nitrogens with two attached hydrogens (primary N) is 1. The predicted octanol–water partition coefficient (Wildman–Crippen LogP) is 1.10. The summed E-state index contributed by atoms with van der Waals surface area (Å²) in [5, 5.41) is 4.19. The Morgan fingerprint density at radius 1 is 1.55 bits per heavy atom. The van der Waals surface area contributed by atoms with Gasteiger partial charge in [-0.3, -0.25) is 4.68 Å². The van der Waals surface area contributed by atoms with Crippen molar-refractivity contribution in [1.29, 1.82) is 0 Å². The van der Waals surface area contributed by atoms with E-state index in [1.54, 1.807) is 6.20 Å². The van der Waals surface area contributed by atoms with Gasteiger partial charge in [0.05, 0.1) is 11.2 Å². The molecule has 1 heterocycles. The quantitative estimate of drug-likeness (QED) is 0.656. The first-order valence-electron chi connectivity index (χ1n) is 3.79. The first-order chi connectivity index (χ1) is 5.05. The van der Waals surface area contributed by atoms with Gasteiger partial charge < -0.3 is 5.73 Å². The monoisotopic (exact) mass is 153 g/mol. The van der Waals surface area contributed by atoms with Crippen LogP contribution in [0.3, 0.4) is 0 Å². The van der Waals surface area contributed by atoms with Crippen LogP contribution in [0.2, 0.25) is 0 Å². The van der Waals surface area contributed by atoms with Gasteiger partial charge in [0.2, 0.25) is 0 Å². The van der Waals surface area contributed by atoms with E-state index in [1.807, 2.05) is 10.7 Å². The van der Waals surface area contributed by atoms with Crippen molar-refractivity contribution in [3.05, 3.63) is 18.0 Å². The molecule has 0 atom stereocenters. The molecular weight excluding hydrogens is 138 g/mol. The van der Waals surface area contributed by atoms with Crippen molar-refractivity contribution in [3.63, 3.8) is 0 Å². The Morgan fingerprint density at radius 3 is 2.55 bits per heavy atom. The highest BCUT2D eigenvalue weighted by Crippen LogP contribution is 2.14. The minimum Gasteiger partial charge on any atom is -0.325 e. The third-order valence-corrected chi connectivity index (χ3v) is 1.57. The SMILES string of the molecule is CC(C)(C)n1nccc1CN. The number of hydrogen-bond acceptors (Lipinski definition) is 2. The normalized spacial score (nSPS) is 12.0. The van der Waals surface area contributed by atoms with Gasteiger partial charge in [0, 0.05) is 12.7 Å². The first kappa shape index (κ1) is 8.27. The zero-order valence-corrected chi connectivity index (χ0v) is 7.33. The maximum Gasteiger partial charge on any atom is 0.0547 e. The average molecular weight is 153 g/mol. The summed E-state index contributed by atoms with van der Waals surface area (Å²) in [5.41, 5.74) is 6.65. The Balaban J connectivity index is 3.02. The molecule has 0 fully saturated rings. The summed E-state index contributed by atoms with van der Waals surface area (Å²) in [6.07, 6.45) is 1.79. The molecule has 0 aliphatic rings. The number of aromatic nitrogens is 2. The van der Waals surface area contributed by atoms with Crippen LogP contribution in [-0.2, 0) is 12.1 Å². The molecule has 0 aromatic carbocycles. The lowest BCUT2D eigenvalue weighted by molar-refractivity contribution is 0.344. The lowest BCUT2D eigenvalue weighted by atomic mass is 10.1. The molecule has 0 radical (unpaired) electrons. The summed E-state index contributed by atoms with van der Waals surface area (Å²) in [6, 6.07) is 1.95. The number of rotatable bonds is 1. The van der Waals surface area contributed by atoms with Crippen LogP contribution in [0, 0.1) is 0 Å². The van der Waals surface area contributed by atoms with Gasteiger partial charge in [-0.1, -0.05) is 0 Å². The Hall–Kier alpha value is -0.830. The lowest BCUT2D eigenvalue weighted by Gasteiger charge is -2.21. The molecule has 0 bridgehead atoms. The zero-order valence-electron chi connectivity index (χ0n) is 7.33. The summed E-state index contributed by atoms with van der Waals surface area (Å²) in [7, 11) is 0. The van der Waals surface area contributed by atoms with Crippen molar-refractivity contribution in [2.24, 2.45) is 5.73 Å². The number of hydrogen-bond donors (Lipinski definition) is 1. The van der Waals surface area contributed by atoms with Crippen LogP contribution < -0.4 is 5.73 Å². The van der Waals surface area contributed by atoms with Crippen molar-refractivity contribution in [2.45, 2.75) is 32.9 Å². The van der Waals surface area contributed by atoms with Crippen LogP contribution in [0.15, 0.2) is 12.3 Å². The highest BCUT2D eigenvalue weighted by Gasteiger charge is 2.15. The van der Waals surface area contributed by atoms with E-state index in [-0.39, 0.29) is 5.54 Å². The zero-order chi connectivity index (χ0) is 8.48. The van der Waals surface area contributed by atoms with E-state index in [4.69, 9.17) is 5.73 Å². The van der Waals surface area contributed by atoms with Gasteiger partial charge >= 0.3 is 0 Å². The minimum atomic E-state index is 0.0399. The Bertz CT molecular complexity index is 232. The summed E-state index contributed by atoms with van der Waals surface area (Å²) in [6.45, 7) is 6.88. The van der Waals surface area contributed by atoms with E-state index in [0.717, 1.165) is 5.69 Å². The lowest BCUT2D eigenvalue weighted by Crippen LogP contribution is -2.26. The molecule has 0 amide bonds. The summed E-state index contributed by atoms with van der Waals surface area (Å²) in [4.78, 5) is 0.